The summed E-state index contributed by atoms with van der Waals surface area (Å²) in [5.41, 5.74) is 0.787. The summed E-state index contributed by atoms with van der Waals surface area (Å²) in [6.07, 6.45) is 0.681. The first-order valence-corrected chi connectivity index (χ1v) is 7.68. The molecule has 5 nitrogen and oxygen atoms in total. The summed E-state index contributed by atoms with van der Waals surface area (Å²) in [6, 6.07) is 4.61. The monoisotopic (exact) mass is 355 g/mol. The third-order valence-corrected chi connectivity index (χ3v) is 4.34. The Balaban J connectivity index is 2.15. The van der Waals surface area contributed by atoms with E-state index in [9.17, 15) is 14.7 Å². The molecule has 0 aliphatic carbocycles. The molecule has 0 fully saturated rings. The predicted molar refractivity (Wildman–Crippen MR) is 81.4 cm³/mol. The first-order valence-electron chi connectivity index (χ1n) is 6.89. The van der Waals surface area contributed by atoms with Gasteiger partial charge in [-0.05, 0) is 24.1 Å². The van der Waals surface area contributed by atoms with Gasteiger partial charge in [-0.3, -0.25) is 4.79 Å². The molecule has 0 saturated heterocycles. The summed E-state index contributed by atoms with van der Waals surface area (Å²) < 4.78 is 6.35. The fourth-order valence-corrected chi connectivity index (χ4v) is 2.72. The molecule has 3 atom stereocenters. The Morgan fingerprint density at radius 3 is 2.86 bits per heavy atom. The van der Waals surface area contributed by atoms with Gasteiger partial charge in [0.25, 0.3) is 0 Å². The highest BCUT2D eigenvalue weighted by Crippen LogP contribution is 2.36. The summed E-state index contributed by atoms with van der Waals surface area (Å²) in [5.74, 6) is -1.24. The van der Waals surface area contributed by atoms with Crippen molar-refractivity contribution in [3.05, 3.63) is 28.2 Å². The van der Waals surface area contributed by atoms with Crippen molar-refractivity contribution < 1.29 is 19.4 Å². The van der Waals surface area contributed by atoms with Crippen molar-refractivity contribution in [2.45, 2.75) is 32.2 Å². The van der Waals surface area contributed by atoms with Gasteiger partial charge >= 0.3 is 5.97 Å². The number of benzene rings is 1. The van der Waals surface area contributed by atoms with Crippen LogP contribution in [0.15, 0.2) is 22.7 Å². The average Bonchev–Trinajstić information content (AvgIpc) is 2.86. The number of carbonyl (C=O) groups is 2. The number of carboxylic acids is 1. The Morgan fingerprint density at radius 1 is 1.52 bits per heavy atom. The van der Waals surface area contributed by atoms with Crippen LogP contribution < -0.4 is 10.1 Å². The summed E-state index contributed by atoms with van der Waals surface area (Å²) in [5, 5.41) is 11.9. The molecule has 1 aliphatic rings. The third-order valence-electron chi connectivity index (χ3n) is 3.85. The molecule has 21 heavy (non-hydrogen) atoms. The van der Waals surface area contributed by atoms with Crippen LogP contribution >= 0.6 is 15.9 Å². The van der Waals surface area contributed by atoms with Crippen molar-refractivity contribution in [2.75, 3.05) is 6.61 Å². The lowest BCUT2D eigenvalue weighted by atomic mass is 9.96. The molecule has 6 heteroatoms. The largest absolute Gasteiger partial charge is 0.492 e. The molecule has 1 amide bonds. The lowest BCUT2D eigenvalue weighted by Gasteiger charge is -2.21. The fraction of sp³-hybridized carbons (Fsp3) is 0.467. The Hall–Kier alpha value is -1.56. The van der Waals surface area contributed by atoms with E-state index < -0.39 is 17.9 Å². The number of carbonyl (C=O) groups excluding carboxylic acids is 1. The molecule has 1 aromatic carbocycles. The number of halogens is 1. The van der Waals surface area contributed by atoms with Crippen molar-refractivity contribution in [3.63, 3.8) is 0 Å². The summed E-state index contributed by atoms with van der Waals surface area (Å²) in [6.45, 7) is 3.96. The van der Waals surface area contributed by atoms with Crippen molar-refractivity contribution in [1.82, 2.24) is 5.32 Å². The lowest BCUT2D eigenvalue weighted by molar-refractivity contribution is -0.143. The Labute approximate surface area is 131 Å². The van der Waals surface area contributed by atoms with Crippen LogP contribution in [0.5, 0.6) is 5.75 Å². The normalized spacial score (nSPS) is 19.3. The number of nitrogens with one attached hydrogen (secondary N) is 1. The van der Waals surface area contributed by atoms with E-state index in [0.717, 1.165) is 10.0 Å². The first-order chi connectivity index (χ1) is 9.93. The molecule has 1 unspecified atom stereocenters. The smallest absolute Gasteiger partial charge is 0.326 e. The molecule has 114 valence electrons. The van der Waals surface area contributed by atoms with Crippen LogP contribution in [0, 0.1) is 5.92 Å². The molecule has 0 bridgehead atoms. The van der Waals surface area contributed by atoms with Crippen LogP contribution in [-0.4, -0.2) is 29.6 Å². The Morgan fingerprint density at radius 2 is 2.24 bits per heavy atom. The topological polar surface area (TPSA) is 75.6 Å². The van der Waals surface area contributed by atoms with Gasteiger partial charge in [0.05, 0.1) is 0 Å². The van der Waals surface area contributed by atoms with Crippen molar-refractivity contribution in [3.8, 4) is 5.75 Å². The van der Waals surface area contributed by atoms with E-state index in [1.807, 2.05) is 26.0 Å². The van der Waals surface area contributed by atoms with Crippen LogP contribution in [0.2, 0.25) is 0 Å². The highest BCUT2D eigenvalue weighted by Gasteiger charge is 2.34. The standard InChI is InChI=1S/C15H18BrNO4/c1-3-8(2)13(15(19)20)17-14(18)11-7-21-12-5-4-9(16)6-10(11)12/h4-6,8,11,13H,3,7H2,1-2H3,(H,17,18)(H,19,20)/t8-,11?,13-/m0/s1. The van der Waals surface area contributed by atoms with Crippen LogP contribution in [0.25, 0.3) is 0 Å². The molecule has 2 rings (SSSR count). The molecular formula is C15H18BrNO4. The van der Waals surface area contributed by atoms with Gasteiger partial charge in [0.2, 0.25) is 5.91 Å². The Bertz CT molecular complexity index is 561. The quantitative estimate of drug-likeness (QED) is 0.850. The van der Waals surface area contributed by atoms with Crippen LogP contribution in [-0.2, 0) is 9.59 Å². The molecule has 0 spiro atoms. The molecule has 1 aliphatic heterocycles. The number of aliphatic carboxylic acids is 1. The van der Waals surface area contributed by atoms with Gasteiger partial charge < -0.3 is 15.2 Å². The minimum Gasteiger partial charge on any atom is -0.492 e. The van der Waals surface area contributed by atoms with Crippen LogP contribution in [0.4, 0.5) is 0 Å². The summed E-state index contributed by atoms with van der Waals surface area (Å²) in [7, 11) is 0. The molecule has 0 aromatic heterocycles. The van der Waals surface area contributed by atoms with Crippen molar-refractivity contribution in [2.24, 2.45) is 5.92 Å². The second kappa shape index (κ2) is 6.47. The van der Waals surface area contributed by atoms with E-state index in [1.165, 1.54) is 0 Å². The second-order valence-electron chi connectivity index (χ2n) is 5.26. The minimum absolute atomic E-state index is 0.129. The second-order valence-corrected chi connectivity index (χ2v) is 6.17. The first kappa shape index (κ1) is 15.8. The molecule has 1 aromatic rings. The molecule has 0 saturated carbocycles. The van der Waals surface area contributed by atoms with Gasteiger partial charge in [0.1, 0.15) is 24.3 Å². The van der Waals surface area contributed by atoms with Gasteiger partial charge in [0, 0.05) is 10.0 Å². The number of amides is 1. The fourth-order valence-electron chi connectivity index (χ4n) is 2.34. The number of fused-ring (bicyclic) bond motifs is 1. The van der Waals surface area contributed by atoms with E-state index in [0.29, 0.717) is 12.2 Å². The lowest BCUT2D eigenvalue weighted by Crippen LogP contribution is -2.47. The van der Waals surface area contributed by atoms with Gasteiger partial charge in [-0.15, -0.1) is 0 Å². The maximum absolute atomic E-state index is 12.4. The van der Waals surface area contributed by atoms with Gasteiger partial charge in [0.15, 0.2) is 0 Å². The predicted octanol–water partition coefficient (Wildman–Crippen LogP) is 2.54. The van der Waals surface area contributed by atoms with Gasteiger partial charge in [-0.1, -0.05) is 36.2 Å². The van der Waals surface area contributed by atoms with E-state index in [2.05, 4.69) is 21.2 Å². The van der Waals surface area contributed by atoms with Gasteiger partial charge in [-0.25, -0.2) is 4.79 Å². The zero-order valence-electron chi connectivity index (χ0n) is 11.9. The molecular weight excluding hydrogens is 338 g/mol. The van der Waals surface area contributed by atoms with E-state index in [1.54, 1.807) is 6.07 Å². The SMILES string of the molecule is CC[C@H](C)[C@H](NC(=O)C1COc2ccc(Br)cc21)C(=O)O. The van der Waals surface area contributed by atoms with Crippen molar-refractivity contribution >= 4 is 27.8 Å². The highest BCUT2D eigenvalue weighted by atomic mass is 79.9. The van der Waals surface area contributed by atoms with E-state index >= 15 is 0 Å². The van der Waals surface area contributed by atoms with Gasteiger partial charge in [-0.2, -0.15) is 0 Å². The number of rotatable bonds is 5. The minimum atomic E-state index is -1.01. The van der Waals surface area contributed by atoms with Crippen molar-refractivity contribution in [1.29, 1.82) is 0 Å². The number of hydrogen-bond acceptors (Lipinski definition) is 3. The number of hydrogen-bond donors (Lipinski definition) is 2. The zero-order chi connectivity index (χ0) is 15.6. The molecule has 2 N–H and O–H groups in total. The third kappa shape index (κ3) is 3.37. The summed E-state index contributed by atoms with van der Waals surface area (Å²) in [4.78, 5) is 23.7. The van der Waals surface area contributed by atoms with E-state index in [4.69, 9.17) is 4.74 Å². The van der Waals surface area contributed by atoms with E-state index in [-0.39, 0.29) is 18.4 Å². The molecule has 0 radical (unpaired) electrons. The zero-order valence-corrected chi connectivity index (χ0v) is 13.5. The van der Waals surface area contributed by atoms with Crippen LogP contribution in [0.1, 0.15) is 31.7 Å². The number of ether oxygens (including phenoxy) is 1. The average molecular weight is 356 g/mol. The highest BCUT2D eigenvalue weighted by molar-refractivity contribution is 9.10. The molecule has 1 heterocycles. The number of carboxylic acid groups (broad SMARTS) is 1. The Kier molecular flexibility index (Phi) is 4.88. The summed E-state index contributed by atoms with van der Waals surface area (Å²) >= 11 is 3.37. The van der Waals surface area contributed by atoms with Crippen LogP contribution in [0.3, 0.4) is 0 Å². The maximum atomic E-state index is 12.4. The maximum Gasteiger partial charge on any atom is 0.326 e.